The van der Waals surface area contributed by atoms with Gasteiger partial charge in [-0.25, -0.2) is 0 Å². The monoisotopic (exact) mass is 454 g/mol. The van der Waals surface area contributed by atoms with E-state index in [1.54, 1.807) is 0 Å². The third kappa shape index (κ3) is 3.16. The van der Waals surface area contributed by atoms with E-state index in [0.29, 0.717) is 6.04 Å². The molecule has 3 nitrogen and oxygen atoms in total. The van der Waals surface area contributed by atoms with Gasteiger partial charge < -0.3 is 0 Å². The molecule has 0 amide bonds. The Labute approximate surface area is 196 Å². The van der Waals surface area contributed by atoms with E-state index in [0.717, 1.165) is 12.1 Å². The van der Waals surface area contributed by atoms with Crippen molar-refractivity contribution in [3.63, 3.8) is 0 Å². The van der Waals surface area contributed by atoms with Gasteiger partial charge in [0.05, 0.1) is 0 Å². The van der Waals surface area contributed by atoms with Crippen LogP contribution in [0.2, 0.25) is 0 Å². The number of aromatic nitrogens is 2. The molecule has 1 fully saturated rings. The molecule has 0 radical (unpaired) electrons. The van der Waals surface area contributed by atoms with Crippen LogP contribution in [0.4, 0.5) is 0 Å². The van der Waals surface area contributed by atoms with E-state index in [2.05, 4.69) is 93.8 Å². The predicted octanol–water partition coefficient (Wildman–Crippen LogP) is 7.10. The van der Waals surface area contributed by atoms with E-state index < -0.39 is 7.06 Å². The molecule has 0 saturated heterocycles. The molecule has 0 bridgehead atoms. The van der Waals surface area contributed by atoms with Crippen molar-refractivity contribution in [1.82, 2.24) is 0 Å². The fourth-order valence-electron chi connectivity index (χ4n) is 5.75. The van der Waals surface area contributed by atoms with Crippen molar-refractivity contribution in [2.45, 2.75) is 78.9 Å². The molecule has 4 aliphatic rings. The van der Waals surface area contributed by atoms with Crippen molar-refractivity contribution in [3.8, 4) is 11.4 Å². The summed E-state index contributed by atoms with van der Waals surface area (Å²) in [5.41, 5.74) is 5.10. The van der Waals surface area contributed by atoms with E-state index in [-0.39, 0.29) is 0 Å². The van der Waals surface area contributed by atoms with Gasteiger partial charge >= 0.3 is 142 Å². The Morgan fingerprint density at radius 3 is 2.16 bits per heavy atom. The molecule has 1 saturated carbocycles. The Hall–Kier alpha value is -2.12. The first-order valence-corrected chi connectivity index (χ1v) is 15.2. The minimum absolute atomic E-state index is 0.499. The van der Waals surface area contributed by atoms with Gasteiger partial charge in [-0.05, 0) is 0 Å². The molecular weight excluding hydrogens is 409 g/mol. The Kier molecular flexibility index (Phi) is 8.71. The second-order valence-corrected chi connectivity index (χ2v) is 12.8. The van der Waals surface area contributed by atoms with Gasteiger partial charge in [0.25, 0.3) is 0 Å². The van der Waals surface area contributed by atoms with E-state index in [9.17, 15) is 0 Å². The van der Waals surface area contributed by atoms with E-state index in [1.807, 2.05) is 41.5 Å². The van der Waals surface area contributed by atoms with E-state index >= 15 is 0 Å². The van der Waals surface area contributed by atoms with Gasteiger partial charge in [-0.1, -0.05) is 41.5 Å². The molecule has 5 heterocycles. The van der Waals surface area contributed by atoms with Crippen molar-refractivity contribution >= 4 is 13.3 Å². The topological polar surface area (TPSA) is 10.8 Å². The second kappa shape index (κ2) is 10.7. The molecular formula is C28H45N3P+3. The number of hydrogen-bond acceptors (Lipinski definition) is 0. The number of pyridine rings is 2. The third-order valence-electron chi connectivity index (χ3n) is 7.02. The summed E-state index contributed by atoms with van der Waals surface area (Å²) in [4.78, 5) is 0. The molecule has 4 heteroatoms. The van der Waals surface area contributed by atoms with Crippen molar-refractivity contribution in [2.75, 3.05) is 6.66 Å². The molecule has 1 aliphatic carbocycles. The summed E-state index contributed by atoms with van der Waals surface area (Å²) in [5, 5.41) is 0. The van der Waals surface area contributed by atoms with E-state index in [4.69, 9.17) is 0 Å². The number of rotatable bonds is 1. The third-order valence-corrected chi connectivity index (χ3v) is 13.6. The van der Waals surface area contributed by atoms with Crippen molar-refractivity contribution < 1.29 is 13.0 Å². The number of fused-ring (bicyclic) bond motifs is 6. The van der Waals surface area contributed by atoms with Crippen LogP contribution in [-0.2, 0) is 0 Å². The second-order valence-electron chi connectivity index (χ2n) is 7.84. The molecule has 2 aromatic heterocycles. The Bertz CT molecular complexity index is 992. The molecule has 1 unspecified atom stereocenters. The summed E-state index contributed by atoms with van der Waals surface area (Å²) in [5.74, 6) is 0. The first kappa shape index (κ1) is 26.1. The minimum atomic E-state index is -2.49. The van der Waals surface area contributed by atoms with Gasteiger partial charge in [0.1, 0.15) is 0 Å². The van der Waals surface area contributed by atoms with Crippen LogP contribution in [0, 0.1) is 0 Å². The van der Waals surface area contributed by atoms with Gasteiger partial charge in [-0.15, -0.1) is 13.2 Å². The molecule has 0 spiro atoms. The number of hydrogen-bond donors (Lipinski definition) is 0. The zero-order valence-electron chi connectivity index (χ0n) is 21.5. The Balaban J connectivity index is 0.000000413. The summed E-state index contributed by atoms with van der Waals surface area (Å²) in [7, 11) is -2.49. The summed E-state index contributed by atoms with van der Waals surface area (Å²) < 4.78 is 8.30. The average Bonchev–Trinajstić information content (AvgIpc) is 3.24. The van der Waals surface area contributed by atoms with Gasteiger partial charge in [-0.2, -0.15) is 0 Å². The number of allylic oxidation sites excluding steroid dienone is 1. The van der Waals surface area contributed by atoms with Crippen LogP contribution in [-0.4, -0.2) is 22.9 Å². The van der Waals surface area contributed by atoms with Crippen LogP contribution >= 0.6 is 7.06 Å². The quantitative estimate of drug-likeness (QED) is 0.322. The Morgan fingerprint density at radius 1 is 0.875 bits per heavy atom. The number of nitrogens with zero attached hydrogens (tertiary/aromatic N) is 3. The van der Waals surface area contributed by atoms with Crippen LogP contribution in [0.25, 0.3) is 11.4 Å². The summed E-state index contributed by atoms with van der Waals surface area (Å²) in [6.45, 7) is 20.6. The van der Waals surface area contributed by atoms with Crippen LogP contribution < -0.4 is 8.68 Å². The van der Waals surface area contributed by atoms with Gasteiger partial charge in [0.2, 0.25) is 0 Å². The van der Waals surface area contributed by atoms with Crippen LogP contribution in [0.3, 0.4) is 0 Å². The zero-order valence-corrected chi connectivity index (χ0v) is 22.4. The normalized spacial score (nSPS) is 22.3. The fourth-order valence-corrected chi connectivity index (χ4v) is 12.9. The van der Waals surface area contributed by atoms with Crippen LogP contribution in [0.1, 0.15) is 79.0 Å². The van der Waals surface area contributed by atoms with Crippen LogP contribution in [0.15, 0.2) is 67.9 Å². The predicted molar refractivity (Wildman–Crippen MR) is 142 cm³/mol. The maximum absolute atomic E-state index is 3.00. The fraction of sp³-hybridized carbons (Fsp3) is 0.464. The summed E-state index contributed by atoms with van der Waals surface area (Å²) in [6.07, 6.45) is 14.6. The molecule has 32 heavy (non-hydrogen) atoms. The SMILES string of the molecule is C=C.CC.CC.CC.CP12(C3CCC3)[N+]3=CC=CCC3c3cccc([n+]31)-c1cccc[n+]12. The molecule has 0 aromatic carbocycles. The molecule has 2 aromatic rings. The molecule has 0 N–H and O–H groups in total. The van der Waals surface area contributed by atoms with E-state index in [1.165, 1.54) is 36.3 Å². The van der Waals surface area contributed by atoms with Gasteiger partial charge in [0.15, 0.2) is 0 Å². The average molecular weight is 455 g/mol. The Morgan fingerprint density at radius 2 is 1.53 bits per heavy atom. The summed E-state index contributed by atoms with van der Waals surface area (Å²) >= 11 is 0. The van der Waals surface area contributed by atoms with Gasteiger partial charge in [-0.3, -0.25) is 0 Å². The first-order chi connectivity index (χ1) is 15.7. The van der Waals surface area contributed by atoms with Gasteiger partial charge in [0, 0.05) is 0 Å². The maximum atomic E-state index is 3.00. The molecule has 174 valence electrons. The van der Waals surface area contributed by atoms with Crippen LogP contribution in [0.5, 0.6) is 0 Å². The van der Waals surface area contributed by atoms with Crippen molar-refractivity contribution in [1.29, 1.82) is 0 Å². The summed E-state index contributed by atoms with van der Waals surface area (Å²) in [6, 6.07) is 14.2. The molecule has 1 atom stereocenters. The molecule has 6 rings (SSSR count). The standard InChI is InChI=1S/C20H23N3P.3C2H6.C2H4/c1-24(16-8-6-9-16)21-14-4-2-10-17(21)19-12-7-13-20(23(19)24)18-11-3-5-15-22(18)24;4*1-2/h2-5,7,10,12-16,18H,6,8-9,11H2,1H3;3*1-2H3;1-2H2/q+3;;;;. The van der Waals surface area contributed by atoms with Crippen molar-refractivity contribution in [3.05, 3.63) is 73.6 Å². The van der Waals surface area contributed by atoms with Crippen molar-refractivity contribution in [2.24, 2.45) is 0 Å². The molecule has 3 aliphatic heterocycles. The first-order valence-electron chi connectivity index (χ1n) is 12.6. The zero-order chi connectivity index (χ0) is 24.0.